The zero-order valence-electron chi connectivity index (χ0n) is 15.9. The van der Waals surface area contributed by atoms with E-state index in [4.69, 9.17) is 0 Å². The molecule has 0 saturated heterocycles. The summed E-state index contributed by atoms with van der Waals surface area (Å²) >= 11 is 3.21. The maximum absolute atomic E-state index is 13.0. The number of hydrogen-bond donors (Lipinski definition) is 3. The normalized spacial score (nSPS) is 19.9. The summed E-state index contributed by atoms with van der Waals surface area (Å²) in [5.41, 5.74) is 3.22. The van der Waals surface area contributed by atoms with Gasteiger partial charge in [-0.15, -0.1) is 22.7 Å². The molecule has 4 rings (SSSR count). The van der Waals surface area contributed by atoms with E-state index < -0.39 is 0 Å². The van der Waals surface area contributed by atoms with Gasteiger partial charge in [-0.1, -0.05) is 0 Å². The molecule has 6 nitrogen and oxygen atoms in total. The van der Waals surface area contributed by atoms with Crippen molar-refractivity contribution in [2.24, 2.45) is 0 Å². The van der Waals surface area contributed by atoms with E-state index in [-0.39, 0.29) is 24.1 Å². The number of anilines is 1. The topological polar surface area (TPSA) is 87.1 Å². The van der Waals surface area contributed by atoms with Gasteiger partial charge in [0.05, 0.1) is 27.7 Å². The van der Waals surface area contributed by atoms with E-state index in [2.05, 4.69) is 40.5 Å². The van der Waals surface area contributed by atoms with Crippen LogP contribution < -0.4 is 10.6 Å². The number of fused-ring (bicyclic) bond motifs is 1. The molecule has 3 N–H and O–H groups in total. The zero-order chi connectivity index (χ0) is 19.7. The summed E-state index contributed by atoms with van der Waals surface area (Å²) in [6, 6.07) is 2.39. The first-order valence-corrected chi connectivity index (χ1v) is 11.3. The standard InChI is InChI=1S/C20H24N4O2S2/c1-11(2)23-18-14-7-16(17-9-21-10-27-17)28-20(14)22-8-15(18)19(26)24-12-3-5-13(25)6-4-12/h7-13,25H,3-6H2,1-2H3,(H,22,23)(H,24,26). The van der Waals surface area contributed by atoms with Crippen LogP contribution in [0.25, 0.3) is 20.0 Å². The highest BCUT2D eigenvalue weighted by molar-refractivity contribution is 7.25. The lowest BCUT2D eigenvalue weighted by Gasteiger charge is -2.26. The first-order valence-electron chi connectivity index (χ1n) is 9.58. The summed E-state index contributed by atoms with van der Waals surface area (Å²) in [6.07, 6.45) is 6.39. The van der Waals surface area contributed by atoms with E-state index in [0.717, 1.165) is 51.3 Å². The molecule has 3 aromatic rings. The van der Waals surface area contributed by atoms with Crippen molar-refractivity contribution >= 4 is 44.5 Å². The Morgan fingerprint density at radius 1 is 1.21 bits per heavy atom. The highest BCUT2D eigenvalue weighted by atomic mass is 32.1. The van der Waals surface area contributed by atoms with Crippen molar-refractivity contribution in [1.82, 2.24) is 15.3 Å². The molecule has 148 valence electrons. The Morgan fingerprint density at radius 2 is 2.00 bits per heavy atom. The average molecular weight is 417 g/mol. The van der Waals surface area contributed by atoms with Gasteiger partial charge in [0.2, 0.25) is 0 Å². The third-order valence-electron chi connectivity index (χ3n) is 4.95. The van der Waals surface area contributed by atoms with Gasteiger partial charge < -0.3 is 15.7 Å². The van der Waals surface area contributed by atoms with E-state index in [0.29, 0.717) is 5.56 Å². The van der Waals surface area contributed by atoms with E-state index in [1.807, 2.05) is 11.7 Å². The fraction of sp³-hybridized carbons (Fsp3) is 0.450. The minimum atomic E-state index is -0.236. The molecular weight excluding hydrogens is 392 g/mol. The maximum Gasteiger partial charge on any atom is 0.255 e. The zero-order valence-corrected chi connectivity index (χ0v) is 17.6. The number of aromatic nitrogens is 2. The summed E-state index contributed by atoms with van der Waals surface area (Å²) in [7, 11) is 0. The second-order valence-corrected chi connectivity index (χ2v) is 9.44. The summed E-state index contributed by atoms with van der Waals surface area (Å²) in [6.45, 7) is 4.12. The molecule has 0 radical (unpaired) electrons. The summed E-state index contributed by atoms with van der Waals surface area (Å²) in [4.78, 5) is 24.9. The van der Waals surface area contributed by atoms with Crippen molar-refractivity contribution < 1.29 is 9.90 Å². The Balaban J connectivity index is 1.67. The number of thiophene rings is 1. The van der Waals surface area contributed by atoms with Crippen LogP contribution in [0.15, 0.2) is 24.0 Å². The first kappa shape index (κ1) is 19.3. The number of carbonyl (C=O) groups excluding carboxylic acids is 1. The molecule has 8 heteroatoms. The molecule has 0 unspecified atom stereocenters. The van der Waals surface area contributed by atoms with Crippen molar-refractivity contribution in [3.63, 3.8) is 0 Å². The predicted molar refractivity (Wildman–Crippen MR) is 115 cm³/mol. The van der Waals surface area contributed by atoms with Gasteiger partial charge in [-0.25, -0.2) is 4.98 Å². The molecule has 28 heavy (non-hydrogen) atoms. The van der Waals surface area contributed by atoms with Crippen molar-refractivity contribution in [3.05, 3.63) is 29.5 Å². The van der Waals surface area contributed by atoms with Gasteiger partial charge in [0.25, 0.3) is 5.91 Å². The number of carbonyl (C=O) groups is 1. The van der Waals surface area contributed by atoms with Crippen LogP contribution in [-0.4, -0.2) is 39.2 Å². The van der Waals surface area contributed by atoms with Crippen LogP contribution in [0.4, 0.5) is 5.69 Å². The van der Waals surface area contributed by atoms with Gasteiger partial charge in [0.15, 0.2) is 0 Å². The number of nitrogens with one attached hydrogen (secondary N) is 2. The summed E-state index contributed by atoms with van der Waals surface area (Å²) < 4.78 is 0. The van der Waals surface area contributed by atoms with Gasteiger partial charge >= 0.3 is 0 Å². The van der Waals surface area contributed by atoms with Crippen molar-refractivity contribution in [3.8, 4) is 9.75 Å². The Hall–Kier alpha value is -2.03. The Labute approximate surface area is 172 Å². The molecule has 1 saturated carbocycles. The second kappa shape index (κ2) is 8.14. The number of thiazole rings is 1. The number of aliphatic hydroxyl groups is 1. The lowest BCUT2D eigenvalue weighted by molar-refractivity contribution is 0.0868. The van der Waals surface area contributed by atoms with Crippen LogP contribution in [0, 0.1) is 0 Å². The monoisotopic (exact) mass is 416 g/mol. The molecule has 0 atom stereocenters. The number of nitrogens with zero attached hydrogens (tertiary/aromatic N) is 2. The highest BCUT2D eigenvalue weighted by Crippen LogP contribution is 2.39. The lowest BCUT2D eigenvalue weighted by Crippen LogP contribution is -2.39. The molecule has 1 fully saturated rings. The molecule has 3 aromatic heterocycles. The van der Waals surface area contributed by atoms with Gasteiger partial charge in [-0.3, -0.25) is 9.78 Å². The molecule has 0 aromatic carbocycles. The lowest BCUT2D eigenvalue weighted by atomic mass is 9.93. The van der Waals surface area contributed by atoms with Crippen molar-refractivity contribution in [2.45, 2.75) is 57.7 Å². The fourth-order valence-corrected chi connectivity index (χ4v) is 5.26. The van der Waals surface area contributed by atoms with E-state index in [9.17, 15) is 9.90 Å². The quantitative estimate of drug-likeness (QED) is 0.578. The number of hydrogen-bond acceptors (Lipinski definition) is 7. The van der Waals surface area contributed by atoms with Crippen LogP contribution >= 0.6 is 22.7 Å². The minimum absolute atomic E-state index is 0.105. The van der Waals surface area contributed by atoms with E-state index in [1.165, 1.54) is 0 Å². The predicted octanol–water partition coefficient (Wildman–Crippen LogP) is 4.27. The molecule has 1 aliphatic carbocycles. The van der Waals surface area contributed by atoms with Crippen LogP contribution in [0.3, 0.4) is 0 Å². The molecule has 1 amide bonds. The molecular formula is C20H24N4O2S2. The van der Waals surface area contributed by atoms with Crippen molar-refractivity contribution in [2.75, 3.05) is 5.32 Å². The molecule has 0 spiro atoms. The largest absolute Gasteiger partial charge is 0.393 e. The molecule has 0 aliphatic heterocycles. The fourth-order valence-electron chi connectivity index (χ4n) is 3.55. The number of aliphatic hydroxyl groups excluding tert-OH is 1. The Bertz CT molecular complexity index is 960. The SMILES string of the molecule is CC(C)Nc1c(C(=O)NC2CCC(O)CC2)cnc2sc(-c3cncs3)cc12. The van der Waals surface area contributed by atoms with Crippen LogP contribution in [0.2, 0.25) is 0 Å². The summed E-state index contributed by atoms with van der Waals surface area (Å²) in [5, 5.41) is 17.2. The Morgan fingerprint density at radius 3 is 2.68 bits per heavy atom. The molecule has 3 heterocycles. The number of rotatable bonds is 5. The second-order valence-electron chi connectivity index (χ2n) is 7.52. The Kier molecular flexibility index (Phi) is 5.61. The third kappa shape index (κ3) is 4.04. The summed E-state index contributed by atoms with van der Waals surface area (Å²) in [5.74, 6) is -0.107. The minimum Gasteiger partial charge on any atom is -0.393 e. The van der Waals surface area contributed by atoms with E-state index in [1.54, 1.807) is 28.9 Å². The van der Waals surface area contributed by atoms with Gasteiger partial charge in [0.1, 0.15) is 4.83 Å². The van der Waals surface area contributed by atoms with Crippen molar-refractivity contribution in [1.29, 1.82) is 0 Å². The first-order chi connectivity index (χ1) is 13.5. The smallest absolute Gasteiger partial charge is 0.255 e. The third-order valence-corrected chi connectivity index (χ3v) is 6.96. The van der Waals surface area contributed by atoms with Gasteiger partial charge in [0, 0.05) is 34.7 Å². The molecule has 1 aliphatic rings. The van der Waals surface area contributed by atoms with Gasteiger partial charge in [-0.2, -0.15) is 0 Å². The number of pyridine rings is 1. The van der Waals surface area contributed by atoms with E-state index >= 15 is 0 Å². The van der Waals surface area contributed by atoms with Crippen LogP contribution in [0.5, 0.6) is 0 Å². The van der Waals surface area contributed by atoms with Crippen LogP contribution in [0.1, 0.15) is 49.9 Å². The van der Waals surface area contributed by atoms with Gasteiger partial charge in [-0.05, 0) is 45.6 Å². The maximum atomic E-state index is 13.0. The van der Waals surface area contributed by atoms with Crippen LogP contribution in [-0.2, 0) is 0 Å². The highest BCUT2D eigenvalue weighted by Gasteiger charge is 2.24. The number of amides is 1. The average Bonchev–Trinajstić information content (AvgIpc) is 3.32. The molecule has 0 bridgehead atoms.